The first kappa shape index (κ1) is 7.10. The Balaban J connectivity index is 2.42. The molecule has 2 N–H and O–H groups in total. The van der Waals surface area contributed by atoms with E-state index in [1.165, 1.54) is 18.4 Å². The van der Waals surface area contributed by atoms with E-state index in [1.54, 1.807) is 6.20 Å². The first-order valence-corrected chi connectivity index (χ1v) is 4.47. The zero-order chi connectivity index (χ0) is 7.84. The van der Waals surface area contributed by atoms with Crippen molar-refractivity contribution in [3.63, 3.8) is 0 Å². The molecule has 1 aliphatic carbocycles. The van der Waals surface area contributed by atoms with Gasteiger partial charge in [0.1, 0.15) is 5.82 Å². The van der Waals surface area contributed by atoms with Crippen molar-refractivity contribution >= 4 is 21.7 Å². The van der Waals surface area contributed by atoms with Crippen LogP contribution in [0.15, 0.2) is 16.7 Å². The molecular weight excluding hydrogens is 204 g/mol. The third-order valence-electron chi connectivity index (χ3n) is 1.92. The summed E-state index contributed by atoms with van der Waals surface area (Å²) in [4.78, 5) is 3.98. The highest BCUT2D eigenvalue weighted by molar-refractivity contribution is 9.10. The fourth-order valence-corrected chi connectivity index (χ4v) is 1.72. The number of hydrogen-bond donors (Lipinski definition) is 1. The quantitative estimate of drug-likeness (QED) is 0.777. The van der Waals surface area contributed by atoms with E-state index in [4.69, 9.17) is 5.73 Å². The van der Waals surface area contributed by atoms with Crippen molar-refractivity contribution in [3.05, 3.63) is 22.3 Å². The molecule has 1 aromatic rings. The van der Waals surface area contributed by atoms with Gasteiger partial charge in [-0.1, -0.05) is 0 Å². The van der Waals surface area contributed by atoms with Crippen molar-refractivity contribution in [2.75, 3.05) is 5.73 Å². The van der Waals surface area contributed by atoms with E-state index in [0.29, 0.717) is 5.82 Å². The maximum atomic E-state index is 5.56. The van der Waals surface area contributed by atoms with Crippen LogP contribution in [0, 0.1) is 0 Å². The number of hydrogen-bond acceptors (Lipinski definition) is 2. The maximum absolute atomic E-state index is 5.56. The van der Waals surface area contributed by atoms with Gasteiger partial charge in [-0.2, -0.15) is 0 Å². The maximum Gasteiger partial charge on any atom is 0.123 e. The van der Waals surface area contributed by atoms with Crippen LogP contribution in [0.5, 0.6) is 0 Å². The van der Waals surface area contributed by atoms with Gasteiger partial charge < -0.3 is 5.73 Å². The van der Waals surface area contributed by atoms with Gasteiger partial charge in [-0.15, -0.1) is 0 Å². The molecule has 0 aromatic carbocycles. The topological polar surface area (TPSA) is 38.9 Å². The SMILES string of the molecule is Nc1cc(C2CC2)c(Br)cn1. The average molecular weight is 213 g/mol. The summed E-state index contributed by atoms with van der Waals surface area (Å²) in [5, 5.41) is 0. The predicted octanol–water partition coefficient (Wildman–Crippen LogP) is 2.30. The van der Waals surface area contributed by atoms with Crippen LogP contribution in [0.1, 0.15) is 24.3 Å². The number of rotatable bonds is 1. The highest BCUT2D eigenvalue weighted by Crippen LogP contribution is 2.43. The first-order valence-electron chi connectivity index (χ1n) is 3.68. The third kappa shape index (κ3) is 1.38. The highest BCUT2D eigenvalue weighted by atomic mass is 79.9. The molecular formula is C8H9BrN2. The van der Waals surface area contributed by atoms with Gasteiger partial charge in [0.15, 0.2) is 0 Å². The van der Waals surface area contributed by atoms with Crippen LogP contribution in [-0.2, 0) is 0 Å². The van der Waals surface area contributed by atoms with Gasteiger partial charge in [-0.3, -0.25) is 0 Å². The summed E-state index contributed by atoms with van der Waals surface area (Å²) in [5.41, 5.74) is 6.88. The molecule has 1 aromatic heterocycles. The highest BCUT2D eigenvalue weighted by Gasteiger charge is 2.25. The Morgan fingerprint density at radius 1 is 1.55 bits per heavy atom. The smallest absolute Gasteiger partial charge is 0.123 e. The minimum Gasteiger partial charge on any atom is -0.384 e. The standard InChI is InChI=1S/C8H9BrN2/c9-7-4-11-8(10)3-6(7)5-1-2-5/h3-5H,1-2H2,(H2,10,11). The second-order valence-corrected chi connectivity index (χ2v) is 3.76. The van der Waals surface area contributed by atoms with Crippen molar-refractivity contribution in [1.82, 2.24) is 4.98 Å². The number of halogens is 1. The van der Waals surface area contributed by atoms with Crippen molar-refractivity contribution < 1.29 is 0 Å². The molecule has 0 atom stereocenters. The van der Waals surface area contributed by atoms with Gasteiger partial charge in [0, 0.05) is 10.7 Å². The van der Waals surface area contributed by atoms with E-state index in [1.807, 2.05) is 6.07 Å². The Morgan fingerprint density at radius 3 is 2.91 bits per heavy atom. The van der Waals surface area contributed by atoms with Crippen LogP contribution in [0.25, 0.3) is 0 Å². The van der Waals surface area contributed by atoms with E-state index in [2.05, 4.69) is 20.9 Å². The number of nitrogen functional groups attached to an aromatic ring is 1. The minimum atomic E-state index is 0.620. The fraction of sp³-hybridized carbons (Fsp3) is 0.375. The second-order valence-electron chi connectivity index (χ2n) is 2.90. The van der Waals surface area contributed by atoms with Gasteiger partial charge in [-0.25, -0.2) is 4.98 Å². The summed E-state index contributed by atoms with van der Waals surface area (Å²) >= 11 is 3.45. The first-order chi connectivity index (χ1) is 5.27. The van der Waals surface area contributed by atoms with Crippen LogP contribution in [0.2, 0.25) is 0 Å². The van der Waals surface area contributed by atoms with Gasteiger partial charge in [0.05, 0.1) is 0 Å². The lowest BCUT2D eigenvalue weighted by atomic mass is 10.2. The normalized spacial score (nSPS) is 16.8. The van der Waals surface area contributed by atoms with Gasteiger partial charge in [0.25, 0.3) is 0 Å². The molecule has 0 aliphatic heterocycles. The summed E-state index contributed by atoms with van der Waals surface area (Å²) in [5.74, 6) is 1.35. The molecule has 1 fully saturated rings. The third-order valence-corrected chi connectivity index (χ3v) is 2.59. The molecule has 0 bridgehead atoms. The van der Waals surface area contributed by atoms with Crippen LogP contribution < -0.4 is 5.73 Å². The van der Waals surface area contributed by atoms with Crippen LogP contribution in [0.3, 0.4) is 0 Å². The summed E-state index contributed by atoms with van der Waals surface area (Å²) in [6.07, 6.45) is 4.37. The lowest BCUT2D eigenvalue weighted by molar-refractivity contribution is 1.10. The average Bonchev–Trinajstić information content (AvgIpc) is 2.76. The van der Waals surface area contributed by atoms with Crippen molar-refractivity contribution in [1.29, 1.82) is 0 Å². The Morgan fingerprint density at radius 2 is 2.27 bits per heavy atom. The molecule has 0 amide bonds. The lowest BCUT2D eigenvalue weighted by Gasteiger charge is -2.01. The molecule has 2 nitrogen and oxygen atoms in total. The van der Waals surface area contributed by atoms with E-state index in [0.717, 1.165) is 10.4 Å². The number of nitrogens with zero attached hydrogens (tertiary/aromatic N) is 1. The van der Waals surface area contributed by atoms with E-state index in [-0.39, 0.29) is 0 Å². The molecule has 0 saturated heterocycles. The van der Waals surface area contributed by atoms with Gasteiger partial charge >= 0.3 is 0 Å². The molecule has 1 saturated carbocycles. The van der Waals surface area contributed by atoms with Crippen LogP contribution in [-0.4, -0.2) is 4.98 Å². The Bertz CT molecular complexity index is 281. The van der Waals surface area contributed by atoms with Crippen molar-refractivity contribution in [3.8, 4) is 0 Å². The zero-order valence-corrected chi connectivity index (χ0v) is 7.63. The Labute approximate surface area is 73.9 Å². The van der Waals surface area contributed by atoms with E-state index >= 15 is 0 Å². The summed E-state index contributed by atoms with van der Waals surface area (Å²) in [7, 11) is 0. The zero-order valence-electron chi connectivity index (χ0n) is 6.05. The van der Waals surface area contributed by atoms with Crippen LogP contribution >= 0.6 is 15.9 Å². The number of aromatic nitrogens is 1. The monoisotopic (exact) mass is 212 g/mol. The van der Waals surface area contributed by atoms with Crippen molar-refractivity contribution in [2.45, 2.75) is 18.8 Å². The van der Waals surface area contributed by atoms with Gasteiger partial charge in [-0.05, 0) is 46.3 Å². The predicted molar refractivity (Wildman–Crippen MR) is 48.3 cm³/mol. The molecule has 1 aliphatic rings. The largest absolute Gasteiger partial charge is 0.384 e. The van der Waals surface area contributed by atoms with Crippen molar-refractivity contribution in [2.24, 2.45) is 0 Å². The van der Waals surface area contributed by atoms with E-state index < -0.39 is 0 Å². The van der Waals surface area contributed by atoms with Crippen LogP contribution in [0.4, 0.5) is 5.82 Å². The fourth-order valence-electron chi connectivity index (χ4n) is 1.18. The number of anilines is 1. The number of pyridine rings is 1. The minimum absolute atomic E-state index is 0.620. The van der Waals surface area contributed by atoms with E-state index in [9.17, 15) is 0 Å². The molecule has 2 rings (SSSR count). The molecule has 11 heavy (non-hydrogen) atoms. The summed E-state index contributed by atoms with van der Waals surface area (Å²) in [6.45, 7) is 0. The lowest BCUT2D eigenvalue weighted by Crippen LogP contribution is -1.92. The molecule has 0 radical (unpaired) electrons. The Kier molecular flexibility index (Phi) is 1.60. The van der Waals surface area contributed by atoms with Gasteiger partial charge in [0.2, 0.25) is 0 Å². The number of nitrogens with two attached hydrogens (primary N) is 1. The summed E-state index contributed by atoms with van der Waals surface area (Å²) in [6, 6.07) is 1.96. The Hall–Kier alpha value is -0.570. The molecule has 3 heteroatoms. The molecule has 58 valence electrons. The molecule has 0 unspecified atom stereocenters. The molecule has 1 heterocycles. The summed E-state index contributed by atoms with van der Waals surface area (Å²) < 4.78 is 1.09. The second kappa shape index (κ2) is 2.48. The molecule has 0 spiro atoms.